The molecule has 0 aromatic heterocycles. The molecule has 0 fully saturated rings. The highest BCUT2D eigenvalue weighted by molar-refractivity contribution is 9.09. The lowest BCUT2D eigenvalue weighted by atomic mass is 10.3. The van der Waals surface area contributed by atoms with Gasteiger partial charge in [-0.2, -0.15) is 0 Å². The van der Waals surface area contributed by atoms with Crippen LogP contribution in [-0.2, 0) is 0 Å². The molecule has 0 saturated heterocycles. The van der Waals surface area contributed by atoms with E-state index in [2.05, 4.69) is 44.9 Å². The van der Waals surface area contributed by atoms with Crippen molar-refractivity contribution in [3.05, 3.63) is 36.2 Å². The third kappa shape index (κ3) is 4.99. The first-order chi connectivity index (χ1) is 6.79. The molecule has 4 heteroatoms. The van der Waals surface area contributed by atoms with E-state index in [9.17, 15) is 0 Å². The minimum Gasteiger partial charge on any atom is -0.374 e. The van der Waals surface area contributed by atoms with Crippen LogP contribution >= 0.6 is 15.9 Å². The molecule has 2 N–H and O–H groups in total. The molecule has 14 heavy (non-hydrogen) atoms. The van der Waals surface area contributed by atoms with Gasteiger partial charge < -0.3 is 10.6 Å². The number of hydrogen-bond acceptors (Lipinski definition) is 3. The largest absolute Gasteiger partial charge is 0.374 e. The molecule has 0 aliphatic heterocycles. The van der Waals surface area contributed by atoms with Crippen LogP contribution < -0.4 is 10.6 Å². The molecule has 0 aromatic rings. The van der Waals surface area contributed by atoms with Crippen LogP contribution in [-0.4, -0.2) is 25.8 Å². The van der Waals surface area contributed by atoms with Crippen LogP contribution in [0.3, 0.4) is 0 Å². The summed E-state index contributed by atoms with van der Waals surface area (Å²) in [6.45, 7) is 7.96. The number of rotatable bonds is 7. The number of nitrogens with one attached hydrogen (secondary N) is 2. The maximum absolute atomic E-state index is 3.86. The second kappa shape index (κ2) is 8.72. The SMILES string of the molecule is C=C/C(N=C)=C(\C=C/CNC)NCBr. The molecule has 0 saturated carbocycles. The van der Waals surface area contributed by atoms with Crippen LogP contribution in [0.1, 0.15) is 0 Å². The molecule has 0 spiro atoms. The predicted molar refractivity (Wildman–Crippen MR) is 66.8 cm³/mol. The van der Waals surface area contributed by atoms with Crippen molar-refractivity contribution in [1.82, 2.24) is 10.6 Å². The molecule has 0 aromatic carbocycles. The Labute approximate surface area is 93.8 Å². The number of halogens is 1. The first-order valence-corrected chi connectivity index (χ1v) is 5.36. The Kier molecular flexibility index (Phi) is 8.17. The van der Waals surface area contributed by atoms with Gasteiger partial charge in [0.25, 0.3) is 0 Å². The van der Waals surface area contributed by atoms with Gasteiger partial charge in [0.15, 0.2) is 0 Å². The fourth-order valence-corrected chi connectivity index (χ4v) is 1.16. The zero-order valence-electron chi connectivity index (χ0n) is 8.39. The van der Waals surface area contributed by atoms with Gasteiger partial charge in [-0.1, -0.05) is 28.6 Å². The van der Waals surface area contributed by atoms with Gasteiger partial charge in [0, 0.05) is 6.54 Å². The molecule has 0 heterocycles. The van der Waals surface area contributed by atoms with E-state index in [1.54, 1.807) is 6.08 Å². The summed E-state index contributed by atoms with van der Waals surface area (Å²) in [5, 5.41) is 6.14. The Morgan fingerprint density at radius 3 is 2.71 bits per heavy atom. The second-order valence-electron chi connectivity index (χ2n) is 2.43. The number of nitrogens with zero attached hydrogens (tertiary/aromatic N) is 1. The standard InChI is InChI=1S/C10H16BrN3/c1-4-9(13-3)10(14-8-11)6-5-7-12-2/h4-6,12,14H,1,3,7-8H2,2H3/b6-5-,10-9-. The summed E-state index contributed by atoms with van der Waals surface area (Å²) >= 11 is 3.29. The summed E-state index contributed by atoms with van der Waals surface area (Å²) in [6.07, 6.45) is 5.62. The average molecular weight is 258 g/mol. The Morgan fingerprint density at radius 1 is 1.57 bits per heavy atom. The second-order valence-corrected chi connectivity index (χ2v) is 2.99. The quantitative estimate of drug-likeness (QED) is 0.316. The number of likely N-dealkylation sites (N-methyl/N-ethyl adjacent to an activating group) is 1. The van der Waals surface area contributed by atoms with E-state index >= 15 is 0 Å². The van der Waals surface area contributed by atoms with E-state index < -0.39 is 0 Å². The zero-order chi connectivity index (χ0) is 10.8. The number of hydrogen-bond donors (Lipinski definition) is 2. The molecule has 0 amide bonds. The fraction of sp³-hybridized carbons (Fsp3) is 0.300. The Balaban J connectivity index is 4.63. The fourth-order valence-electron chi connectivity index (χ4n) is 0.861. The monoisotopic (exact) mass is 257 g/mol. The molecule has 78 valence electrons. The predicted octanol–water partition coefficient (Wildman–Crippen LogP) is 1.80. The zero-order valence-corrected chi connectivity index (χ0v) is 9.97. The van der Waals surface area contributed by atoms with Gasteiger partial charge in [-0.15, -0.1) is 0 Å². The van der Waals surface area contributed by atoms with E-state index in [0.29, 0.717) is 5.45 Å². The van der Waals surface area contributed by atoms with Crippen molar-refractivity contribution in [3.63, 3.8) is 0 Å². The van der Waals surface area contributed by atoms with Crippen molar-refractivity contribution in [3.8, 4) is 0 Å². The van der Waals surface area contributed by atoms with Gasteiger partial charge in [0.05, 0.1) is 16.8 Å². The third-order valence-electron chi connectivity index (χ3n) is 1.50. The number of alkyl halides is 1. The van der Waals surface area contributed by atoms with Crippen LogP contribution in [0.4, 0.5) is 0 Å². The van der Waals surface area contributed by atoms with Crippen LogP contribution in [0.25, 0.3) is 0 Å². The average Bonchev–Trinajstić information content (AvgIpc) is 2.20. The summed E-state index contributed by atoms with van der Waals surface area (Å²) in [6, 6.07) is 0. The summed E-state index contributed by atoms with van der Waals surface area (Å²) in [4.78, 5) is 3.86. The highest BCUT2D eigenvalue weighted by Crippen LogP contribution is 2.05. The van der Waals surface area contributed by atoms with Crippen molar-refractivity contribution >= 4 is 22.6 Å². The molecular weight excluding hydrogens is 242 g/mol. The molecule has 0 atom stereocenters. The van der Waals surface area contributed by atoms with Crippen molar-refractivity contribution in [2.75, 3.05) is 19.0 Å². The van der Waals surface area contributed by atoms with Gasteiger partial charge in [-0.25, -0.2) is 0 Å². The molecular formula is C10H16BrN3. The minimum absolute atomic E-state index is 0.666. The maximum atomic E-state index is 3.86. The normalized spacial score (nSPS) is 12.4. The van der Waals surface area contributed by atoms with Gasteiger partial charge in [-0.05, 0) is 25.9 Å². The maximum Gasteiger partial charge on any atom is 0.0847 e. The van der Waals surface area contributed by atoms with Gasteiger partial charge in [0.2, 0.25) is 0 Å². The lowest BCUT2D eigenvalue weighted by Crippen LogP contribution is -2.11. The minimum atomic E-state index is 0.666. The first kappa shape index (κ1) is 13.1. The van der Waals surface area contributed by atoms with Crippen LogP contribution in [0.15, 0.2) is 41.2 Å². The van der Waals surface area contributed by atoms with Crippen LogP contribution in [0, 0.1) is 0 Å². The smallest absolute Gasteiger partial charge is 0.0847 e. The van der Waals surface area contributed by atoms with Gasteiger partial charge >= 0.3 is 0 Å². The molecule has 0 aliphatic rings. The summed E-state index contributed by atoms with van der Waals surface area (Å²) < 4.78 is 0. The highest BCUT2D eigenvalue weighted by atomic mass is 79.9. The van der Waals surface area contributed by atoms with E-state index in [1.807, 2.05) is 19.2 Å². The van der Waals surface area contributed by atoms with Crippen molar-refractivity contribution < 1.29 is 0 Å². The first-order valence-electron chi connectivity index (χ1n) is 4.24. The van der Waals surface area contributed by atoms with E-state index in [1.165, 1.54) is 0 Å². The van der Waals surface area contributed by atoms with E-state index in [0.717, 1.165) is 17.9 Å². The Bertz CT molecular complexity index is 234. The summed E-state index contributed by atoms with van der Waals surface area (Å²) in [5.74, 6) is 0. The van der Waals surface area contributed by atoms with Gasteiger partial charge in [-0.3, -0.25) is 4.99 Å². The van der Waals surface area contributed by atoms with Crippen molar-refractivity contribution in [2.45, 2.75) is 0 Å². The lowest BCUT2D eigenvalue weighted by Gasteiger charge is -2.05. The number of aliphatic imine (C=N–C) groups is 1. The van der Waals surface area contributed by atoms with Crippen molar-refractivity contribution in [2.24, 2.45) is 4.99 Å². The molecule has 0 rings (SSSR count). The third-order valence-corrected chi connectivity index (χ3v) is 1.78. The lowest BCUT2D eigenvalue weighted by molar-refractivity contribution is 0.912. The molecule has 0 radical (unpaired) electrons. The molecule has 0 aliphatic carbocycles. The summed E-state index contributed by atoms with van der Waals surface area (Å²) in [5.41, 5.74) is 2.32. The Morgan fingerprint density at radius 2 is 2.29 bits per heavy atom. The van der Waals surface area contributed by atoms with E-state index in [4.69, 9.17) is 0 Å². The van der Waals surface area contributed by atoms with Crippen LogP contribution in [0.2, 0.25) is 0 Å². The van der Waals surface area contributed by atoms with Crippen molar-refractivity contribution in [1.29, 1.82) is 0 Å². The Hall–Kier alpha value is -0.870. The summed E-state index contributed by atoms with van der Waals surface area (Å²) in [7, 11) is 1.89. The molecule has 3 nitrogen and oxygen atoms in total. The van der Waals surface area contributed by atoms with E-state index in [-0.39, 0.29) is 0 Å². The molecule has 0 unspecified atom stereocenters. The van der Waals surface area contributed by atoms with Crippen LogP contribution in [0.5, 0.6) is 0 Å². The highest BCUT2D eigenvalue weighted by Gasteiger charge is 1.96. The number of allylic oxidation sites excluding steroid dienone is 2. The molecule has 0 bridgehead atoms. The van der Waals surface area contributed by atoms with Gasteiger partial charge in [0.1, 0.15) is 0 Å². The topological polar surface area (TPSA) is 36.4 Å².